The van der Waals surface area contributed by atoms with Gasteiger partial charge in [0.25, 0.3) is 5.91 Å². The molecule has 0 saturated heterocycles. The molecule has 8 heteroatoms. The van der Waals surface area contributed by atoms with E-state index in [4.69, 9.17) is 9.47 Å². The molecule has 2 N–H and O–H groups in total. The number of thiazole rings is 1. The van der Waals surface area contributed by atoms with Crippen molar-refractivity contribution in [2.24, 2.45) is 0 Å². The van der Waals surface area contributed by atoms with Crippen LogP contribution >= 0.6 is 11.3 Å². The van der Waals surface area contributed by atoms with E-state index in [9.17, 15) is 4.79 Å². The third kappa shape index (κ3) is 3.03. The fourth-order valence-electron chi connectivity index (χ4n) is 2.68. The minimum absolute atomic E-state index is 0.211. The zero-order valence-corrected chi connectivity index (χ0v) is 15.3. The summed E-state index contributed by atoms with van der Waals surface area (Å²) in [4.78, 5) is 24.6. The summed E-state index contributed by atoms with van der Waals surface area (Å²) in [5.41, 5.74) is 3.15. The molecule has 0 saturated carbocycles. The molecule has 0 fully saturated rings. The normalized spacial score (nSPS) is 12.4. The van der Waals surface area contributed by atoms with Gasteiger partial charge in [-0.2, -0.15) is 0 Å². The van der Waals surface area contributed by atoms with E-state index in [1.165, 1.54) is 11.3 Å². The van der Waals surface area contributed by atoms with Gasteiger partial charge in [0.2, 0.25) is 6.79 Å². The van der Waals surface area contributed by atoms with Crippen molar-refractivity contribution in [1.82, 2.24) is 20.3 Å². The maximum absolute atomic E-state index is 12.4. The van der Waals surface area contributed by atoms with Crippen molar-refractivity contribution in [2.75, 3.05) is 13.3 Å². The number of aromatic nitrogens is 3. The highest BCUT2D eigenvalue weighted by atomic mass is 32.1. The van der Waals surface area contributed by atoms with Gasteiger partial charge in [0.1, 0.15) is 10.7 Å². The lowest BCUT2D eigenvalue weighted by atomic mass is 10.1. The van der Waals surface area contributed by atoms with Gasteiger partial charge in [0, 0.05) is 23.2 Å². The number of aromatic amines is 1. The number of imidazole rings is 1. The molecule has 3 aromatic rings. The second-order valence-corrected chi connectivity index (χ2v) is 6.79. The van der Waals surface area contributed by atoms with Crippen LogP contribution in [0.2, 0.25) is 0 Å². The molecule has 0 atom stereocenters. The molecule has 1 aromatic carbocycles. The Kier molecular flexibility index (Phi) is 4.34. The number of benzene rings is 1. The van der Waals surface area contributed by atoms with E-state index in [-0.39, 0.29) is 18.5 Å². The third-order valence-electron chi connectivity index (χ3n) is 3.93. The Labute approximate surface area is 154 Å². The molecule has 0 radical (unpaired) electrons. The fraction of sp³-hybridized carbons (Fsp3) is 0.278. The van der Waals surface area contributed by atoms with Gasteiger partial charge in [-0.3, -0.25) is 4.79 Å². The maximum atomic E-state index is 12.4. The van der Waals surface area contributed by atoms with Crippen LogP contribution in [0.15, 0.2) is 23.6 Å². The first kappa shape index (κ1) is 16.6. The van der Waals surface area contributed by atoms with Crippen LogP contribution in [0.3, 0.4) is 0 Å². The van der Waals surface area contributed by atoms with Crippen molar-refractivity contribution in [3.05, 3.63) is 35.1 Å². The predicted molar refractivity (Wildman–Crippen MR) is 98.6 cm³/mol. The molecule has 0 unspecified atom stereocenters. The van der Waals surface area contributed by atoms with Crippen LogP contribution in [-0.4, -0.2) is 34.2 Å². The summed E-state index contributed by atoms with van der Waals surface area (Å²) in [5, 5.41) is 5.60. The van der Waals surface area contributed by atoms with Gasteiger partial charge in [-0.05, 0) is 31.5 Å². The number of H-pyrrole nitrogens is 1. The highest BCUT2D eigenvalue weighted by Gasteiger charge is 2.22. The number of nitrogens with zero attached hydrogens (tertiary/aromatic N) is 2. The van der Waals surface area contributed by atoms with Crippen LogP contribution in [0, 0.1) is 6.92 Å². The number of fused-ring (bicyclic) bond motifs is 1. The Morgan fingerprint density at radius 2 is 2.15 bits per heavy atom. The van der Waals surface area contributed by atoms with Crippen molar-refractivity contribution in [3.63, 3.8) is 0 Å². The van der Waals surface area contributed by atoms with Crippen molar-refractivity contribution in [2.45, 2.75) is 20.3 Å². The summed E-state index contributed by atoms with van der Waals surface area (Å²) in [6.45, 7) is 4.75. The Balaban J connectivity index is 1.79. The molecule has 134 valence electrons. The predicted octanol–water partition coefficient (Wildman–Crippen LogP) is 3.38. The molecule has 1 aliphatic rings. The molecular weight excluding hydrogens is 352 g/mol. The van der Waals surface area contributed by atoms with Crippen LogP contribution < -0.4 is 14.8 Å². The van der Waals surface area contributed by atoms with Gasteiger partial charge in [-0.15, -0.1) is 11.3 Å². The van der Waals surface area contributed by atoms with Gasteiger partial charge in [-0.25, -0.2) is 9.97 Å². The molecule has 26 heavy (non-hydrogen) atoms. The molecule has 3 heterocycles. The lowest BCUT2D eigenvalue weighted by Crippen LogP contribution is -2.25. The quantitative estimate of drug-likeness (QED) is 0.719. The van der Waals surface area contributed by atoms with Gasteiger partial charge in [0.05, 0.1) is 5.69 Å². The first-order valence-electron chi connectivity index (χ1n) is 8.36. The molecule has 1 amide bonds. The van der Waals surface area contributed by atoms with Gasteiger partial charge in [-0.1, -0.05) is 6.92 Å². The standard InChI is InChI=1S/C18H18N4O3S/c1-3-6-19-17(23)16-21-14(15(22-16)18-20-10(2)8-26-18)11-4-5-12-13(7-11)25-9-24-12/h4-5,7-8H,3,6,9H2,1-2H3,(H,19,23)(H,21,22). The van der Waals surface area contributed by atoms with Crippen molar-refractivity contribution >= 4 is 17.2 Å². The first-order chi connectivity index (χ1) is 12.7. The number of carbonyl (C=O) groups excluding carboxylic acids is 1. The van der Waals surface area contributed by atoms with Crippen LogP contribution in [0.5, 0.6) is 11.5 Å². The highest BCUT2D eigenvalue weighted by Crippen LogP contribution is 2.38. The highest BCUT2D eigenvalue weighted by molar-refractivity contribution is 7.13. The van der Waals surface area contributed by atoms with Crippen LogP contribution in [-0.2, 0) is 0 Å². The largest absolute Gasteiger partial charge is 0.454 e. The zero-order valence-electron chi connectivity index (χ0n) is 14.5. The summed E-state index contributed by atoms with van der Waals surface area (Å²) >= 11 is 1.51. The van der Waals surface area contributed by atoms with Crippen LogP contribution in [0.4, 0.5) is 0 Å². The average Bonchev–Trinajstić information content (AvgIpc) is 3.37. The molecular formula is C18H18N4O3S. The zero-order chi connectivity index (χ0) is 18.1. The monoisotopic (exact) mass is 370 g/mol. The number of nitrogens with one attached hydrogen (secondary N) is 2. The Morgan fingerprint density at radius 3 is 2.92 bits per heavy atom. The third-order valence-corrected chi connectivity index (χ3v) is 4.91. The lowest BCUT2D eigenvalue weighted by Gasteiger charge is -2.02. The Hall–Kier alpha value is -2.87. The second kappa shape index (κ2) is 6.80. The number of rotatable bonds is 5. The van der Waals surface area contributed by atoms with E-state index in [2.05, 4.69) is 20.3 Å². The van der Waals surface area contributed by atoms with Crippen LogP contribution in [0.25, 0.3) is 22.0 Å². The van der Waals surface area contributed by atoms with Crippen molar-refractivity contribution in [3.8, 4) is 33.5 Å². The van der Waals surface area contributed by atoms with E-state index in [1.807, 2.05) is 37.4 Å². The number of ether oxygens (including phenoxy) is 2. The molecule has 0 aliphatic carbocycles. The van der Waals surface area contributed by atoms with E-state index >= 15 is 0 Å². The first-order valence-corrected chi connectivity index (χ1v) is 9.24. The summed E-state index contributed by atoms with van der Waals surface area (Å²) in [7, 11) is 0. The SMILES string of the molecule is CCCNC(=O)c1nc(-c2ccc3c(c2)OCO3)c(-c2nc(C)cs2)[nH]1. The topological polar surface area (TPSA) is 89.1 Å². The summed E-state index contributed by atoms with van der Waals surface area (Å²) in [5.74, 6) is 1.42. The molecule has 4 rings (SSSR count). The average molecular weight is 370 g/mol. The van der Waals surface area contributed by atoms with E-state index in [1.54, 1.807) is 0 Å². The van der Waals surface area contributed by atoms with Crippen LogP contribution in [0.1, 0.15) is 29.7 Å². The number of hydrogen-bond donors (Lipinski definition) is 2. The molecule has 2 aromatic heterocycles. The molecule has 0 spiro atoms. The van der Waals surface area contributed by atoms with E-state index in [0.717, 1.165) is 28.4 Å². The van der Waals surface area contributed by atoms with E-state index in [0.29, 0.717) is 23.7 Å². The maximum Gasteiger partial charge on any atom is 0.287 e. The van der Waals surface area contributed by atoms with Gasteiger partial charge < -0.3 is 19.8 Å². The number of amides is 1. The van der Waals surface area contributed by atoms with Gasteiger partial charge >= 0.3 is 0 Å². The summed E-state index contributed by atoms with van der Waals surface area (Å²) < 4.78 is 10.8. The Bertz CT molecular complexity index is 963. The summed E-state index contributed by atoms with van der Waals surface area (Å²) in [6, 6.07) is 5.62. The van der Waals surface area contributed by atoms with E-state index < -0.39 is 0 Å². The molecule has 1 aliphatic heterocycles. The molecule has 0 bridgehead atoms. The minimum Gasteiger partial charge on any atom is -0.454 e. The van der Waals surface area contributed by atoms with Crippen molar-refractivity contribution in [1.29, 1.82) is 0 Å². The molecule has 7 nitrogen and oxygen atoms in total. The Morgan fingerprint density at radius 1 is 1.31 bits per heavy atom. The van der Waals surface area contributed by atoms with Gasteiger partial charge in [0.15, 0.2) is 17.3 Å². The summed E-state index contributed by atoms with van der Waals surface area (Å²) in [6.07, 6.45) is 0.861. The minimum atomic E-state index is -0.228. The second-order valence-electron chi connectivity index (χ2n) is 5.93. The smallest absolute Gasteiger partial charge is 0.287 e. The number of hydrogen-bond acceptors (Lipinski definition) is 6. The number of aryl methyl sites for hydroxylation is 1. The fourth-order valence-corrected chi connectivity index (χ4v) is 3.48. The van der Waals surface area contributed by atoms with Crippen molar-refractivity contribution < 1.29 is 14.3 Å². The lowest BCUT2D eigenvalue weighted by molar-refractivity contribution is 0.0944. The number of carbonyl (C=O) groups is 1.